The Balaban J connectivity index is 1.14. The number of aromatic nitrogens is 3. The Kier molecular flexibility index (Phi) is 10.9. The van der Waals surface area contributed by atoms with Gasteiger partial charge >= 0.3 is 12.1 Å². The molecule has 0 aliphatic carbocycles. The number of benzene rings is 2. The molecule has 0 spiro atoms. The number of aromatic hydroxyl groups is 1. The van der Waals surface area contributed by atoms with Crippen LogP contribution in [0.3, 0.4) is 0 Å². The molecule has 4 aliphatic heterocycles. The largest absolute Gasteiger partial charge is 0.508 e. The fourth-order valence-corrected chi connectivity index (χ4v) is 8.58. The molecule has 2 aromatic heterocycles. The van der Waals surface area contributed by atoms with Crippen molar-refractivity contribution >= 4 is 45.8 Å². The molecule has 0 saturated carbocycles. The molecule has 16 heteroatoms. The van der Waals surface area contributed by atoms with Crippen LogP contribution in [0.5, 0.6) is 17.5 Å². The summed E-state index contributed by atoms with van der Waals surface area (Å²) in [6, 6.07) is 9.18. The fraction of sp³-hybridized carbons (Fsp3) is 0.419. The number of ether oxygens (including phenoxy) is 3. The van der Waals surface area contributed by atoms with Crippen LogP contribution in [0, 0.1) is 18.2 Å². The number of carbonyl (C=O) groups excluding carboxylic acids is 2. The van der Waals surface area contributed by atoms with Gasteiger partial charge < -0.3 is 39.3 Å². The number of amides is 2. The van der Waals surface area contributed by atoms with Gasteiger partial charge in [-0.2, -0.15) is 9.97 Å². The van der Waals surface area contributed by atoms with Crippen LogP contribution in [0.25, 0.3) is 10.8 Å². The Morgan fingerprint density at radius 1 is 1.20 bits per heavy atom. The van der Waals surface area contributed by atoms with Crippen LogP contribution in [0.15, 0.2) is 55.3 Å². The molecule has 3 fully saturated rings. The first kappa shape index (κ1) is 39.6. The molecule has 0 bridgehead atoms. The number of pyridine rings is 1. The number of nitrogens with one attached hydrogen (secondary N) is 1. The molecule has 8 rings (SSSR count). The standard InChI is InChI=1S/C43H46F2N8O6/c1-5-32-33(45)12-10-27-17-31(54)18-35(38(27)32)52-23-34-39(59-42(52)56)40(50-14-8-7-9-29(22-50)47-37(55)6-2)49-41(48-34)58-25-43(4)19-28(44)21-53(43)30-11-13-36(46-20-30)51-15-16-57-24-26(51)3/h1,6,10-13,17-18,20,26,28-29,54H,2,7-9,14-16,19,21-25H2,3-4H3,(H,47,55)/t26-,28-,29?,43+/m1/s1. The van der Waals surface area contributed by atoms with Crippen molar-refractivity contribution in [2.75, 3.05) is 65.6 Å². The summed E-state index contributed by atoms with van der Waals surface area (Å²) in [6.07, 6.45) is 9.22. The van der Waals surface area contributed by atoms with Crippen molar-refractivity contribution in [2.45, 2.75) is 69.9 Å². The zero-order valence-electron chi connectivity index (χ0n) is 33.0. The predicted molar refractivity (Wildman–Crippen MR) is 219 cm³/mol. The lowest BCUT2D eigenvalue weighted by Crippen LogP contribution is -2.47. The number of rotatable bonds is 9. The molecule has 4 atom stereocenters. The van der Waals surface area contributed by atoms with Crippen molar-refractivity contribution in [3.8, 4) is 29.9 Å². The first-order chi connectivity index (χ1) is 28.4. The minimum atomic E-state index is -1.13. The molecule has 4 aromatic rings. The maximum Gasteiger partial charge on any atom is 0.420 e. The summed E-state index contributed by atoms with van der Waals surface area (Å²) in [5.74, 6) is 2.43. The van der Waals surface area contributed by atoms with E-state index in [1.165, 1.54) is 35.2 Å². The van der Waals surface area contributed by atoms with Gasteiger partial charge in [0.25, 0.3) is 0 Å². The third-order valence-electron chi connectivity index (χ3n) is 11.5. The highest BCUT2D eigenvalue weighted by Crippen LogP contribution is 2.42. The second kappa shape index (κ2) is 16.2. The van der Waals surface area contributed by atoms with Crippen LogP contribution in [0.4, 0.5) is 36.6 Å². The van der Waals surface area contributed by atoms with Gasteiger partial charge in [0.05, 0.1) is 61.0 Å². The number of hydrogen-bond donors (Lipinski definition) is 2. The van der Waals surface area contributed by atoms with Crippen LogP contribution in [-0.4, -0.2) is 102 Å². The molecular formula is C43H46F2N8O6. The molecule has 2 N–H and O–H groups in total. The van der Waals surface area contributed by atoms with Crippen molar-refractivity contribution in [1.29, 1.82) is 0 Å². The molecule has 1 unspecified atom stereocenters. The van der Waals surface area contributed by atoms with Gasteiger partial charge in [-0.05, 0) is 68.8 Å². The van der Waals surface area contributed by atoms with Crippen LogP contribution in [-0.2, 0) is 16.1 Å². The average molecular weight is 809 g/mol. The second-order valence-corrected chi connectivity index (χ2v) is 15.7. The first-order valence-electron chi connectivity index (χ1n) is 19.8. The van der Waals surface area contributed by atoms with Gasteiger partial charge in [-0.3, -0.25) is 9.69 Å². The average Bonchev–Trinajstić information content (AvgIpc) is 3.35. The third-order valence-corrected chi connectivity index (χ3v) is 11.5. The zero-order chi connectivity index (χ0) is 41.4. The number of terminal acetylenes is 1. The van der Waals surface area contributed by atoms with Crippen LogP contribution in [0.1, 0.15) is 50.8 Å². The maximum absolute atomic E-state index is 15.4. The Morgan fingerprint density at radius 3 is 2.81 bits per heavy atom. The van der Waals surface area contributed by atoms with Gasteiger partial charge in [0.2, 0.25) is 5.91 Å². The van der Waals surface area contributed by atoms with E-state index in [1.807, 2.05) is 28.9 Å². The highest BCUT2D eigenvalue weighted by Gasteiger charge is 2.44. The summed E-state index contributed by atoms with van der Waals surface area (Å²) in [5.41, 5.74) is 0.227. The smallest absolute Gasteiger partial charge is 0.420 e. The van der Waals surface area contributed by atoms with Gasteiger partial charge in [-0.25, -0.2) is 18.6 Å². The molecule has 14 nitrogen and oxygen atoms in total. The van der Waals surface area contributed by atoms with E-state index in [0.717, 1.165) is 30.9 Å². The second-order valence-electron chi connectivity index (χ2n) is 15.7. The number of anilines is 4. The number of morpholine rings is 1. The SMILES string of the molecule is C#Cc1c(F)ccc2cc(O)cc(N3Cc4nc(OC[C@]5(C)C[C@@H](F)CN5c5ccc(N6CCOC[C@H]6C)nc5)nc(N5CCCCC(NC(=O)C=C)C5)c4OC3=O)c12. The molecule has 308 valence electrons. The number of phenols is 1. The molecule has 0 radical (unpaired) electrons. The van der Waals surface area contributed by atoms with E-state index >= 15 is 8.78 Å². The molecular weight excluding hydrogens is 763 g/mol. The van der Waals surface area contributed by atoms with Gasteiger partial charge in [0.1, 0.15) is 35.9 Å². The van der Waals surface area contributed by atoms with Crippen LogP contribution in [0.2, 0.25) is 0 Å². The number of alkyl halides is 1. The van der Waals surface area contributed by atoms with Crippen molar-refractivity contribution in [2.24, 2.45) is 0 Å². The summed E-state index contributed by atoms with van der Waals surface area (Å²) in [6.45, 7) is 10.4. The molecule has 2 amide bonds. The summed E-state index contributed by atoms with van der Waals surface area (Å²) in [5, 5.41) is 14.3. The van der Waals surface area contributed by atoms with Crippen molar-refractivity contribution < 1.29 is 37.7 Å². The lowest BCUT2D eigenvalue weighted by atomic mass is 9.99. The van der Waals surface area contributed by atoms with Crippen molar-refractivity contribution in [1.82, 2.24) is 20.3 Å². The summed E-state index contributed by atoms with van der Waals surface area (Å²) in [7, 11) is 0. The van der Waals surface area contributed by atoms with E-state index in [-0.39, 0.29) is 89.8 Å². The van der Waals surface area contributed by atoms with E-state index in [1.54, 1.807) is 6.20 Å². The Labute approximate surface area is 340 Å². The van der Waals surface area contributed by atoms with E-state index in [9.17, 15) is 14.7 Å². The summed E-state index contributed by atoms with van der Waals surface area (Å²) in [4.78, 5) is 47.9. The van der Waals surface area contributed by atoms with Crippen LogP contribution < -0.4 is 34.4 Å². The normalized spacial score (nSPS) is 23.3. The van der Waals surface area contributed by atoms with Gasteiger partial charge in [0, 0.05) is 43.5 Å². The number of hydrogen-bond acceptors (Lipinski definition) is 12. The van der Waals surface area contributed by atoms with E-state index in [4.69, 9.17) is 35.6 Å². The first-order valence-corrected chi connectivity index (χ1v) is 19.8. The summed E-state index contributed by atoms with van der Waals surface area (Å²) < 4.78 is 48.4. The van der Waals surface area contributed by atoms with Crippen molar-refractivity contribution in [3.63, 3.8) is 0 Å². The van der Waals surface area contributed by atoms with Gasteiger partial charge in [0.15, 0.2) is 11.6 Å². The monoisotopic (exact) mass is 808 g/mol. The van der Waals surface area contributed by atoms with E-state index in [0.29, 0.717) is 38.1 Å². The number of halogens is 2. The topological polar surface area (TPSA) is 146 Å². The predicted octanol–water partition coefficient (Wildman–Crippen LogP) is 5.64. The minimum absolute atomic E-state index is 0.00256. The minimum Gasteiger partial charge on any atom is -0.508 e. The molecule has 4 aliphatic rings. The number of fused-ring (bicyclic) bond motifs is 2. The fourth-order valence-electron chi connectivity index (χ4n) is 8.58. The molecule has 2 aromatic carbocycles. The number of phenolic OH excluding ortho intramolecular Hbond substituents is 1. The van der Waals surface area contributed by atoms with Gasteiger partial charge in [-0.15, -0.1) is 6.42 Å². The highest BCUT2D eigenvalue weighted by atomic mass is 19.1. The molecule has 59 heavy (non-hydrogen) atoms. The Hall–Kier alpha value is -6.21. The quantitative estimate of drug-likeness (QED) is 0.160. The Morgan fingerprint density at radius 2 is 2.05 bits per heavy atom. The zero-order valence-corrected chi connectivity index (χ0v) is 33.0. The number of carbonyl (C=O) groups is 2. The lowest BCUT2D eigenvalue weighted by Gasteiger charge is -2.37. The lowest BCUT2D eigenvalue weighted by molar-refractivity contribution is -0.117. The molecule has 3 saturated heterocycles. The highest BCUT2D eigenvalue weighted by molar-refractivity contribution is 6.06. The number of nitrogens with zero attached hydrogens (tertiary/aromatic N) is 7. The van der Waals surface area contributed by atoms with Crippen LogP contribution >= 0.6 is 0 Å². The van der Waals surface area contributed by atoms with E-state index in [2.05, 4.69) is 29.6 Å². The van der Waals surface area contributed by atoms with Gasteiger partial charge in [-0.1, -0.05) is 18.6 Å². The Bertz CT molecular complexity index is 2320. The summed E-state index contributed by atoms with van der Waals surface area (Å²) >= 11 is 0. The maximum atomic E-state index is 15.4. The van der Waals surface area contributed by atoms with Crippen molar-refractivity contribution in [3.05, 3.63) is 72.3 Å². The molecule has 6 heterocycles. The third kappa shape index (κ3) is 7.86. The van der Waals surface area contributed by atoms with E-state index < -0.39 is 23.6 Å².